The monoisotopic (exact) mass is 404 g/mol. The van der Waals surface area contributed by atoms with Gasteiger partial charge in [0.15, 0.2) is 5.65 Å². The summed E-state index contributed by atoms with van der Waals surface area (Å²) in [6, 6.07) is 0. The molecule has 2 aromatic rings. The van der Waals surface area contributed by atoms with E-state index in [9.17, 15) is 9.59 Å². The number of aromatic nitrogens is 4. The quantitative estimate of drug-likeness (QED) is 0.333. The minimum absolute atomic E-state index is 0.365. The Morgan fingerprint density at radius 2 is 1.24 bits per heavy atom. The molecule has 0 spiro atoms. The zero-order valence-electron chi connectivity index (χ0n) is 18.3. The minimum Gasteiger partial charge on any atom is -0.339 e. The minimum atomic E-state index is -0.397. The van der Waals surface area contributed by atoms with E-state index in [2.05, 4.69) is 21.9 Å². The van der Waals surface area contributed by atoms with Crippen LogP contribution in [0, 0.1) is 0 Å². The molecule has 0 atom stereocenters. The molecule has 2 N–H and O–H groups in total. The van der Waals surface area contributed by atoms with Crippen LogP contribution in [-0.2, 0) is 6.54 Å². The first kappa shape index (κ1) is 23.4. The van der Waals surface area contributed by atoms with E-state index in [1.54, 1.807) is 4.57 Å². The number of nitrogens with one attached hydrogen (secondary N) is 2. The summed E-state index contributed by atoms with van der Waals surface area (Å²) in [5, 5.41) is 0. The molecule has 0 radical (unpaired) electrons. The van der Waals surface area contributed by atoms with E-state index in [4.69, 9.17) is 0 Å². The summed E-state index contributed by atoms with van der Waals surface area (Å²) in [6.45, 7) is 2.88. The Hall–Kier alpha value is -1.85. The third-order valence-electron chi connectivity index (χ3n) is 5.80. The second kappa shape index (κ2) is 14.2. The van der Waals surface area contributed by atoms with Gasteiger partial charge in [-0.2, -0.15) is 0 Å². The van der Waals surface area contributed by atoms with Crippen LogP contribution in [0.25, 0.3) is 11.2 Å². The van der Waals surface area contributed by atoms with Crippen molar-refractivity contribution in [2.24, 2.45) is 0 Å². The average Bonchev–Trinajstić information content (AvgIpc) is 3.20. The van der Waals surface area contributed by atoms with Crippen LogP contribution in [0.15, 0.2) is 15.9 Å². The van der Waals surface area contributed by atoms with E-state index in [0.717, 1.165) is 12.8 Å². The molecule has 0 saturated heterocycles. The van der Waals surface area contributed by atoms with Crippen LogP contribution in [0.4, 0.5) is 0 Å². The second-order valence-electron chi connectivity index (χ2n) is 8.32. The van der Waals surface area contributed by atoms with Gasteiger partial charge in [-0.15, -0.1) is 0 Å². The van der Waals surface area contributed by atoms with Gasteiger partial charge in [0, 0.05) is 6.54 Å². The molecule has 2 heterocycles. The van der Waals surface area contributed by atoms with Crippen LogP contribution in [0.3, 0.4) is 0 Å². The molecule has 0 aliphatic carbocycles. The van der Waals surface area contributed by atoms with Crippen LogP contribution in [0.1, 0.15) is 110 Å². The Morgan fingerprint density at radius 1 is 0.759 bits per heavy atom. The zero-order valence-corrected chi connectivity index (χ0v) is 18.3. The fourth-order valence-electron chi connectivity index (χ4n) is 4.01. The Bertz CT molecular complexity index is 790. The van der Waals surface area contributed by atoms with Crippen LogP contribution < -0.4 is 11.2 Å². The van der Waals surface area contributed by atoms with Crippen molar-refractivity contribution in [1.29, 1.82) is 0 Å². The summed E-state index contributed by atoms with van der Waals surface area (Å²) >= 11 is 0. The molecular weight excluding hydrogens is 364 g/mol. The molecule has 164 valence electrons. The first-order valence-corrected chi connectivity index (χ1v) is 11.9. The van der Waals surface area contributed by atoms with E-state index in [1.807, 2.05) is 0 Å². The molecule has 0 saturated carbocycles. The first-order chi connectivity index (χ1) is 14.2. The second-order valence-corrected chi connectivity index (χ2v) is 8.32. The number of H-pyrrole nitrogens is 2. The maximum Gasteiger partial charge on any atom is 0.330 e. The van der Waals surface area contributed by atoms with E-state index in [-0.39, 0.29) is 5.69 Å². The Balaban J connectivity index is 1.43. The Labute approximate surface area is 174 Å². The van der Waals surface area contributed by atoms with Crippen LogP contribution in [-0.4, -0.2) is 19.5 Å². The van der Waals surface area contributed by atoms with Gasteiger partial charge >= 0.3 is 5.69 Å². The molecule has 6 nitrogen and oxygen atoms in total. The first-order valence-electron chi connectivity index (χ1n) is 11.9. The fourth-order valence-corrected chi connectivity index (χ4v) is 4.01. The molecule has 0 amide bonds. The summed E-state index contributed by atoms with van der Waals surface area (Å²) in [6.07, 6.45) is 22.7. The largest absolute Gasteiger partial charge is 0.339 e. The SMILES string of the molecule is CCCCCCCCCCCCCCCCCCn1c(=O)[nH]c(=O)c2[nH]cnc21. The van der Waals surface area contributed by atoms with Gasteiger partial charge in [-0.25, -0.2) is 9.78 Å². The van der Waals surface area contributed by atoms with Crippen molar-refractivity contribution in [3.63, 3.8) is 0 Å². The van der Waals surface area contributed by atoms with E-state index in [0.29, 0.717) is 17.7 Å². The van der Waals surface area contributed by atoms with Gasteiger partial charge in [0.25, 0.3) is 5.56 Å². The standard InChI is InChI=1S/C23H40N4O2/c1-2-3-4-5-6-7-8-9-10-11-12-13-14-15-16-17-18-27-21-20(24-19-25-21)22(28)26-23(27)29/h19H,2-18H2,1H3,(H,24,25)(H,26,28,29). The van der Waals surface area contributed by atoms with Crippen LogP contribution >= 0.6 is 0 Å². The Kier molecular flexibility index (Phi) is 11.5. The van der Waals surface area contributed by atoms with E-state index >= 15 is 0 Å². The normalized spacial score (nSPS) is 11.5. The lowest BCUT2D eigenvalue weighted by atomic mass is 10.0. The maximum absolute atomic E-state index is 12.0. The number of unbranched alkanes of at least 4 members (excludes halogenated alkanes) is 15. The van der Waals surface area contributed by atoms with E-state index < -0.39 is 5.56 Å². The van der Waals surface area contributed by atoms with Crippen LogP contribution in [0.2, 0.25) is 0 Å². The van der Waals surface area contributed by atoms with Gasteiger partial charge < -0.3 is 4.98 Å². The highest BCUT2D eigenvalue weighted by molar-refractivity contribution is 5.68. The lowest BCUT2D eigenvalue weighted by Crippen LogP contribution is -2.30. The molecule has 0 aliphatic rings. The number of aryl methyl sites for hydroxylation is 1. The summed E-state index contributed by atoms with van der Waals surface area (Å²) in [7, 11) is 0. The summed E-state index contributed by atoms with van der Waals surface area (Å²) in [4.78, 5) is 33.0. The van der Waals surface area contributed by atoms with Crippen LogP contribution in [0.5, 0.6) is 0 Å². The molecule has 2 aromatic heterocycles. The number of nitrogens with zero attached hydrogens (tertiary/aromatic N) is 2. The van der Waals surface area contributed by atoms with Gasteiger partial charge in [-0.05, 0) is 6.42 Å². The predicted molar refractivity (Wildman–Crippen MR) is 121 cm³/mol. The fraction of sp³-hybridized carbons (Fsp3) is 0.783. The van der Waals surface area contributed by atoms with Crippen molar-refractivity contribution in [2.45, 2.75) is 116 Å². The van der Waals surface area contributed by atoms with E-state index in [1.165, 1.54) is 96.2 Å². The van der Waals surface area contributed by atoms with Gasteiger partial charge in [0.2, 0.25) is 0 Å². The average molecular weight is 405 g/mol. The van der Waals surface area contributed by atoms with Gasteiger partial charge in [-0.3, -0.25) is 14.3 Å². The van der Waals surface area contributed by atoms with Gasteiger partial charge in [0.05, 0.1) is 6.33 Å². The highest BCUT2D eigenvalue weighted by Crippen LogP contribution is 2.14. The summed E-state index contributed by atoms with van der Waals surface area (Å²) in [5.41, 5.74) is 0.0714. The van der Waals surface area contributed by atoms with Crippen molar-refractivity contribution in [2.75, 3.05) is 0 Å². The lowest BCUT2D eigenvalue weighted by molar-refractivity contribution is 0.519. The topological polar surface area (TPSA) is 83.5 Å². The third-order valence-corrected chi connectivity index (χ3v) is 5.80. The molecule has 29 heavy (non-hydrogen) atoms. The predicted octanol–water partition coefficient (Wildman–Crippen LogP) is 5.67. The zero-order chi connectivity index (χ0) is 20.7. The molecule has 0 aliphatic heterocycles. The van der Waals surface area contributed by atoms with Gasteiger partial charge in [-0.1, -0.05) is 103 Å². The number of rotatable bonds is 17. The van der Waals surface area contributed by atoms with Crippen molar-refractivity contribution < 1.29 is 0 Å². The number of imidazole rings is 1. The summed E-state index contributed by atoms with van der Waals surface area (Å²) in [5.74, 6) is 0. The number of hydrogen-bond acceptors (Lipinski definition) is 3. The van der Waals surface area contributed by atoms with Crippen molar-refractivity contribution >= 4 is 11.2 Å². The highest BCUT2D eigenvalue weighted by atomic mass is 16.2. The molecule has 0 bridgehead atoms. The van der Waals surface area contributed by atoms with Crippen molar-refractivity contribution in [3.05, 3.63) is 27.2 Å². The molecule has 2 rings (SSSR count). The number of hydrogen-bond donors (Lipinski definition) is 2. The number of aromatic amines is 2. The lowest BCUT2D eigenvalue weighted by Gasteiger charge is -2.06. The molecule has 0 aromatic carbocycles. The maximum atomic E-state index is 12.0. The molecule has 6 heteroatoms. The summed E-state index contributed by atoms with van der Waals surface area (Å²) < 4.78 is 1.57. The number of fused-ring (bicyclic) bond motifs is 1. The molecule has 0 fully saturated rings. The molecular formula is C23H40N4O2. The highest BCUT2D eigenvalue weighted by Gasteiger charge is 2.08. The molecule has 0 unspecified atom stereocenters. The Morgan fingerprint density at radius 3 is 1.76 bits per heavy atom. The third kappa shape index (κ3) is 8.58. The van der Waals surface area contributed by atoms with Crippen molar-refractivity contribution in [3.8, 4) is 0 Å². The smallest absolute Gasteiger partial charge is 0.330 e. The van der Waals surface area contributed by atoms with Gasteiger partial charge in [0.1, 0.15) is 5.52 Å². The van der Waals surface area contributed by atoms with Crippen molar-refractivity contribution in [1.82, 2.24) is 19.5 Å².